The van der Waals surface area contributed by atoms with Crippen LogP contribution in [0.25, 0.3) is 0 Å². The number of Topliss-reactive ketones (excluding diaryl/α,β-unsaturated/α-hetero) is 1. The van der Waals surface area contributed by atoms with Gasteiger partial charge in [0, 0.05) is 12.8 Å². The molecule has 0 atom stereocenters. The SMILES string of the molecule is Cl.NCC(=O)CCC(=O)OCCc1ccccc1. The smallest absolute Gasteiger partial charge is 0.306 e. The van der Waals surface area contributed by atoms with Crippen LogP contribution in [0.2, 0.25) is 0 Å². The first-order valence-electron chi connectivity index (χ1n) is 5.63. The zero-order valence-corrected chi connectivity index (χ0v) is 10.9. The van der Waals surface area contributed by atoms with Crippen molar-refractivity contribution in [3.05, 3.63) is 35.9 Å². The van der Waals surface area contributed by atoms with Crippen LogP contribution < -0.4 is 5.73 Å². The maximum atomic E-state index is 11.2. The van der Waals surface area contributed by atoms with E-state index in [2.05, 4.69) is 0 Å². The first-order valence-corrected chi connectivity index (χ1v) is 5.63. The molecule has 5 heteroatoms. The normalized spacial score (nSPS) is 9.39. The molecule has 0 heterocycles. The Morgan fingerprint density at radius 2 is 1.78 bits per heavy atom. The van der Waals surface area contributed by atoms with Crippen LogP contribution in [0, 0.1) is 0 Å². The molecule has 4 nitrogen and oxygen atoms in total. The molecule has 0 aromatic heterocycles. The minimum atomic E-state index is -0.345. The van der Waals surface area contributed by atoms with E-state index >= 15 is 0 Å². The van der Waals surface area contributed by atoms with Crippen molar-refractivity contribution in [3.8, 4) is 0 Å². The minimum Gasteiger partial charge on any atom is -0.465 e. The molecular weight excluding hydrogens is 254 g/mol. The van der Waals surface area contributed by atoms with Gasteiger partial charge < -0.3 is 10.5 Å². The van der Waals surface area contributed by atoms with E-state index in [4.69, 9.17) is 10.5 Å². The van der Waals surface area contributed by atoms with Crippen LogP contribution in [0.3, 0.4) is 0 Å². The van der Waals surface area contributed by atoms with Crippen molar-refractivity contribution in [3.63, 3.8) is 0 Å². The maximum Gasteiger partial charge on any atom is 0.306 e. The van der Waals surface area contributed by atoms with Crippen LogP contribution in [0.4, 0.5) is 0 Å². The lowest BCUT2D eigenvalue weighted by molar-refractivity contribution is -0.144. The molecular formula is C13H18ClNO3. The van der Waals surface area contributed by atoms with Gasteiger partial charge in [0.2, 0.25) is 0 Å². The summed E-state index contributed by atoms with van der Waals surface area (Å²) in [6.07, 6.45) is 0.975. The Balaban J connectivity index is 0.00000289. The molecule has 0 aliphatic rings. The second-order valence-electron chi connectivity index (χ2n) is 3.70. The summed E-state index contributed by atoms with van der Waals surface area (Å²) in [4.78, 5) is 22.1. The van der Waals surface area contributed by atoms with E-state index < -0.39 is 0 Å². The standard InChI is InChI=1S/C13H17NO3.ClH/c14-10-12(15)6-7-13(16)17-9-8-11-4-2-1-3-5-11;/h1-5H,6-10,14H2;1H. The third-order valence-corrected chi connectivity index (χ3v) is 2.33. The van der Waals surface area contributed by atoms with Gasteiger partial charge in [-0.2, -0.15) is 0 Å². The van der Waals surface area contributed by atoms with E-state index in [9.17, 15) is 9.59 Å². The van der Waals surface area contributed by atoms with E-state index in [1.54, 1.807) is 0 Å². The first-order chi connectivity index (χ1) is 8.22. The summed E-state index contributed by atoms with van der Waals surface area (Å²) in [5.41, 5.74) is 6.26. The summed E-state index contributed by atoms with van der Waals surface area (Å²) in [6, 6.07) is 9.78. The maximum absolute atomic E-state index is 11.2. The molecule has 0 spiro atoms. The van der Waals surface area contributed by atoms with E-state index in [-0.39, 0.29) is 43.5 Å². The number of halogens is 1. The zero-order valence-electron chi connectivity index (χ0n) is 10.1. The quantitative estimate of drug-likeness (QED) is 0.763. The number of carbonyl (C=O) groups is 2. The molecule has 0 bridgehead atoms. The Bertz CT molecular complexity index is 368. The van der Waals surface area contributed by atoms with E-state index in [1.807, 2.05) is 30.3 Å². The highest BCUT2D eigenvalue weighted by Crippen LogP contribution is 2.01. The fourth-order valence-electron chi connectivity index (χ4n) is 1.34. The minimum absolute atomic E-state index is 0. The molecule has 0 radical (unpaired) electrons. The lowest BCUT2D eigenvalue weighted by Crippen LogP contribution is -2.16. The van der Waals surface area contributed by atoms with Crippen LogP contribution >= 0.6 is 12.4 Å². The summed E-state index contributed by atoms with van der Waals surface area (Å²) in [5.74, 6) is -0.465. The molecule has 0 aliphatic carbocycles. The Morgan fingerprint density at radius 1 is 1.11 bits per heavy atom. The third-order valence-electron chi connectivity index (χ3n) is 2.33. The first kappa shape index (κ1) is 16.6. The molecule has 1 aromatic carbocycles. The number of carbonyl (C=O) groups excluding carboxylic acids is 2. The zero-order chi connectivity index (χ0) is 12.5. The molecule has 0 amide bonds. The molecule has 18 heavy (non-hydrogen) atoms. The average Bonchev–Trinajstić information content (AvgIpc) is 2.37. The van der Waals surface area contributed by atoms with Gasteiger partial charge in [0.15, 0.2) is 0 Å². The largest absolute Gasteiger partial charge is 0.465 e. The van der Waals surface area contributed by atoms with Crippen molar-refractivity contribution < 1.29 is 14.3 Å². The van der Waals surface area contributed by atoms with Crippen molar-refractivity contribution in [2.24, 2.45) is 5.73 Å². The number of benzene rings is 1. The molecule has 1 aromatic rings. The predicted molar refractivity (Wildman–Crippen MR) is 71.6 cm³/mol. The summed E-state index contributed by atoms with van der Waals surface area (Å²) in [5, 5.41) is 0. The highest BCUT2D eigenvalue weighted by atomic mass is 35.5. The fraction of sp³-hybridized carbons (Fsp3) is 0.385. The number of hydrogen-bond acceptors (Lipinski definition) is 4. The molecule has 0 saturated carbocycles. The molecule has 0 unspecified atom stereocenters. The number of ether oxygens (including phenoxy) is 1. The second-order valence-corrected chi connectivity index (χ2v) is 3.70. The van der Waals surface area contributed by atoms with Gasteiger partial charge in [-0.3, -0.25) is 9.59 Å². The Hall–Kier alpha value is -1.39. The van der Waals surface area contributed by atoms with Gasteiger partial charge in [-0.15, -0.1) is 12.4 Å². The van der Waals surface area contributed by atoms with E-state index in [1.165, 1.54) is 0 Å². The Kier molecular flexibility index (Phi) is 8.88. The van der Waals surface area contributed by atoms with E-state index in [0.29, 0.717) is 13.0 Å². The van der Waals surface area contributed by atoms with Gasteiger partial charge in [0.1, 0.15) is 5.78 Å². The van der Waals surface area contributed by atoms with Crippen LogP contribution in [-0.2, 0) is 20.7 Å². The molecule has 0 aliphatic heterocycles. The topological polar surface area (TPSA) is 69.4 Å². The highest BCUT2D eigenvalue weighted by Gasteiger charge is 2.06. The molecule has 100 valence electrons. The Morgan fingerprint density at radius 3 is 2.39 bits per heavy atom. The van der Waals surface area contributed by atoms with Crippen molar-refractivity contribution in [2.45, 2.75) is 19.3 Å². The van der Waals surface area contributed by atoms with Crippen LogP contribution in [0.1, 0.15) is 18.4 Å². The average molecular weight is 272 g/mol. The third kappa shape index (κ3) is 7.04. The highest BCUT2D eigenvalue weighted by molar-refractivity contribution is 5.85. The lowest BCUT2D eigenvalue weighted by atomic mass is 10.2. The summed E-state index contributed by atoms with van der Waals surface area (Å²) in [7, 11) is 0. The van der Waals surface area contributed by atoms with Crippen molar-refractivity contribution in [1.82, 2.24) is 0 Å². The summed E-state index contributed by atoms with van der Waals surface area (Å²) >= 11 is 0. The van der Waals surface area contributed by atoms with Gasteiger partial charge in [0.25, 0.3) is 0 Å². The van der Waals surface area contributed by atoms with Gasteiger partial charge >= 0.3 is 5.97 Å². The predicted octanol–water partition coefficient (Wildman–Crippen LogP) is 1.50. The van der Waals surface area contributed by atoms with Crippen LogP contribution in [0.15, 0.2) is 30.3 Å². The molecule has 1 rings (SSSR count). The number of rotatable bonds is 7. The van der Waals surface area contributed by atoms with Crippen LogP contribution in [-0.4, -0.2) is 24.9 Å². The fourth-order valence-corrected chi connectivity index (χ4v) is 1.34. The van der Waals surface area contributed by atoms with E-state index in [0.717, 1.165) is 5.56 Å². The molecule has 0 fully saturated rings. The van der Waals surface area contributed by atoms with Gasteiger partial charge in [-0.1, -0.05) is 30.3 Å². The van der Waals surface area contributed by atoms with Gasteiger partial charge in [0.05, 0.1) is 19.6 Å². The van der Waals surface area contributed by atoms with Gasteiger partial charge in [-0.05, 0) is 5.56 Å². The van der Waals surface area contributed by atoms with Crippen molar-refractivity contribution >= 4 is 24.2 Å². The summed E-state index contributed by atoms with van der Waals surface area (Å²) in [6.45, 7) is 0.330. The van der Waals surface area contributed by atoms with Crippen molar-refractivity contribution in [2.75, 3.05) is 13.2 Å². The number of ketones is 1. The monoisotopic (exact) mass is 271 g/mol. The second kappa shape index (κ2) is 9.62. The van der Waals surface area contributed by atoms with Crippen molar-refractivity contribution in [1.29, 1.82) is 0 Å². The number of esters is 1. The van der Waals surface area contributed by atoms with Crippen LogP contribution in [0.5, 0.6) is 0 Å². The van der Waals surface area contributed by atoms with Gasteiger partial charge in [-0.25, -0.2) is 0 Å². The summed E-state index contributed by atoms with van der Waals surface area (Å²) < 4.78 is 5.01. The molecule has 2 N–H and O–H groups in total. The number of nitrogens with two attached hydrogens (primary N) is 1. The number of hydrogen-bond donors (Lipinski definition) is 1. The Labute approximate surface area is 113 Å². The lowest BCUT2D eigenvalue weighted by Gasteiger charge is -2.04. The molecule has 0 saturated heterocycles.